The van der Waals surface area contributed by atoms with Gasteiger partial charge in [-0.05, 0) is 30.7 Å². The van der Waals surface area contributed by atoms with Crippen molar-refractivity contribution in [2.45, 2.75) is 42.9 Å². The van der Waals surface area contributed by atoms with Crippen molar-refractivity contribution in [2.24, 2.45) is 12.2 Å². The lowest BCUT2D eigenvalue weighted by Crippen LogP contribution is -2.71. The molecule has 232 valence electrons. The van der Waals surface area contributed by atoms with Gasteiger partial charge in [-0.15, -0.1) is 23.1 Å². The first-order valence-electron chi connectivity index (χ1n) is 12.9. The van der Waals surface area contributed by atoms with Crippen LogP contribution in [0.15, 0.2) is 33.3 Å². The lowest BCUT2D eigenvalue weighted by Gasteiger charge is -2.50. The number of thioether (sulfide) groups is 2. The maximum atomic E-state index is 13.2. The number of carboxylic acids is 2. The third-order valence-electron chi connectivity index (χ3n) is 6.79. The molecule has 2 aliphatic heterocycles. The fourth-order valence-corrected chi connectivity index (χ4v) is 7.53. The highest BCUT2D eigenvalue weighted by Crippen LogP contribution is 2.41. The molecule has 44 heavy (non-hydrogen) atoms. The third-order valence-corrected chi connectivity index (χ3v) is 9.82. The number of rotatable bonds is 11. The fourth-order valence-electron chi connectivity index (χ4n) is 4.55. The van der Waals surface area contributed by atoms with Crippen molar-refractivity contribution in [3.8, 4) is 0 Å². The van der Waals surface area contributed by atoms with Crippen LogP contribution < -0.4 is 26.4 Å². The first-order chi connectivity index (χ1) is 20.9. The SMILES string of the molecule is CC[C@@H](O/N=C(\C(=O)NC1C(=O)N2C(C(=O)[O-])=C(CSc3nc(N)c(C)c4n(C)cn[n+]34)CS[C@@H]12)c1csc(N)n1)C(=O)O. The number of nitrogens with two attached hydrogens (primary N) is 2. The Morgan fingerprint density at radius 3 is 2.75 bits per heavy atom. The number of thiazole rings is 1. The van der Waals surface area contributed by atoms with Crippen LogP contribution in [-0.4, -0.2) is 88.1 Å². The van der Waals surface area contributed by atoms with E-state index in [-0.39, 0.29) is 40.2 Å². The number of fused-ring (bicyclic) bond motifs is 2. The van der Waals surface area contributed by atoms with E-state index in [0.717, 1.165) is 27.4 Å². The van der Waals surface area contributed by atoms with Gasteiger partial charge in [-0.2, -0.15) is 0 Å². The maximum absolute atomic E-state index is 13.2. The molecule has 2 aliphatic rings. The third kappa shape index (κ3) is 5.62. The smallest absolute Gasteiger partial charge is 0.347 e. The molecule has 0 aliphatic carbocycles. The summed E-state index contributed by atoms with van der Waals surface area (Å²) in [5, 5.41) is 33.4. The normalized spacial score (nSPS) is 19.0. The molecule has 3 aromatic rings. The number of amides is 2. The predicted molar refractivity (Wildman–Crippen MR) is 157 cm³/mol. The average molecular weight is 663 g/mol. The zero-order valence-electron chi connectivity index (χ0n) is 23.4. The lowest BCUT2D eigenvalue weighted by atomic mass is 10.0. The van der Waals surface area contributed by atoms with Crippen LogP contribution in [0.5, 0.6) is 0 Å². The quantitative estimate of drug-likeness (QED) is 0.0445. The van der Waals surface area contributed by atoms with E-state index in [4.69, 9.17) is 16.3 Å². The van der Waals surface area contributed by atoms with Crippen LogP contribution in [0.25, 0.3) is 5.65 Å². The van der Waals surface area contributed by atoms with Gasteiger partial charge < -0.3 is 36.6 Å². The van der Waals surface area contributed by atoms with Gasteiger partial charge in [-0.1, -0.05) is 26.7 Å². The molecule has 0 aromatic carbocycles. The summed E-state index contributed by atoms with van der Waals surface area (Å²) in [7, 11) is 1.81. The van der Waals surface area contributed by atoms with Crippen molar-refractivity contribution < 1.29 is 38.7 Å². The molecular formula is C24H26N10O7S3. The van der Waals surface area contributed by atoms with E-state index in [2.05, 4.69) is 25.5 Å². The van der Waals surface area contributed by atoms with E-state index in [9.17, 15) is 29.4 Å². The van der Waals surface area contributed by atoms with Crippen LogP contribution in [0, 0.1) is 6.92 Å². The minimum Gasteiger partial charge on any atom is -0.543 e. The van der Waals surface area contributed by atoms with Crippen molar-refractivity contribution in [3.05, 3.63) is 34.2 Å². The molecule has 5 rings (SSSR count). The van der Waals surface area contributed by atoms with Crippen molar-refractivity contribution >= 4 is 80.9 Å². The summed E-state index contributed by atoms with van der Waals surface area (Å²) in [6.07, 6.45) is 0.349. The molecule has 1 unspecified atom stereocenters. The second-order valence-electron chi connectivity index (χ2n) is 9.62. The number of carboxylic acid groups (broad SMARTS) is 2. The summed E-state index contributed by atoms with van der Waals surface area (Å²) in [5.74, 6) is -3.69. The Morgan fingerprint density at radius 2 is 2.11 bits per heavy atom. The van der Waals surface area contributed by atoms with Gasteiger partial charge >= 0.3 is 11.1 Å². The van der Waals surface area contributed by atoms with E-state index >= 15 is 0 Å². The van der Waals surface area contributed by atoms with Crippen LogP contribution in [0.4, 0.5) is 10.9 Å². The molecule has 1 saturated heterocycles. The number of carbonyl (C=O) groups is 4. The molecule has 3 atom stereocenters. The minimum atomic E-state index is -1.54. The highest BCUT2D eigenvalue weighted by molar-refractivity contribution is 8.01. The number of anilines is 2. The number of β-lactam (4-membered cyclic amide) rings is 1. The van der Waals surface area contributed by atoms with Gasteiger partial charge in [0.1, 0.15) is 17.1 Å². The number of aromatic nitrogens is 5. The summed E-state index contributed by atoms with van der Waals surface area (Å²) < 4.78 is 3.39. The molecule has 0 bridgehead atoms. The molecule has 2 amide bonds. The Labute approximate surface area is 261 Å². The Morgan fingerprint density at radius 1 is 1.36 bits per heavy atom. The lowest BCUT2D eigenvalue weighted by molar-refractivity contribution is -0.623. The number of nitrogens with zero attached hydrogens (tertiary/aromatic N) is 7. The largest absolute Gasteiger partial charge is 0.543 e. The van der Waals surface area contributed by atoms with Crippen LogP contribution >= 0.6 is 34.9 Å². The van der Waals surface area contributed by atoms with Gasteiger partial charge in [-0.3, -0.25) is 14.5 Å². The first-order valence-corrected chi connectivity index (χ1v) is 15.8. The molecule has 17 nitrogen and oxygen atoms in total. The molecule has 0 spiro atoms. The maximum Gasteiger partial charge on any atom is 0.347 e. The second kappa shape index (κ2) is 12.3. The van der Waals surface area contributed by atoms with Crippen molar-refractivity contribution in [1.82, 2.24) is 29.9 Å². The van der Waals surface area contributed by atoms with Gasteiger partial charge in [0.05, 0.1) is 24.3 Å². The van der Waals surface area contributed by atoms with Gasteiger partial charge in [0.25, 0.3) is 17.5 Å². The number of carbonyl (C=O) groups excluding carboxylic acids is 3. The predicted octanol–water partition coefficient (Wildman–Crippen LogP) is -1.74. The average Bonchev–Trinajstić information content (AvgIpc) is 3.59. The number of aliphatic carboxylic acids is 2. The molecule has 0 saturated carbocycles. The molecular weight excluding hydrogens is 637 g/mol. The fraction of sp³-hybridized carbons (Fsp3) is 0.375. The Hall–Kier alpha value is -4.43. The molecule has 1 fully saturated rings. The minimum absolute atomic E-state index is 0.0186. The van der Waals surface area contributed by atoms with E-state index in [0.29, 0.717) is 16.5 Å². The topological polar surface area (TPSA) is 248 Å². The van der Waals surface area contributed by atoms with Crippen LogP contribution in [0.1, 0.15) is 24.6 Å². The van der Waals surface area contributed by atoms with Gasteiger partial charge in [0.2, 0.25) is 11.9 Å². The number of aryl methyl sites for hydroxylation is 2. The number of nitrogens with one attached hydrogen (secondary N) is 1. The Kier molecular flexibility index (Phi) is 8.66. The standard InChI is InChI=1S/C24H26N10O7S3/c1-4-12(21(37)38)41-31-13(11-7-43-23(26)28-11)17(35)29-14-19(36)33-15(22(39)40)10(5-42-20(14)33)6-44-24-30-16(25)9(2)18-32(3)8-27-34(18)24/h7-8,12,14,20,25H,4-6H2,1-3H3,(H5,26,28,29,35,37,38,39,40)/b31-13-/t12-,14?,20+/m1/s1. The summed E-state index contributed by atoms with van der Waals surface area (Å²) in [4.78, 5) is 64.7. The molecule has 0 radical (unpaired) electrons. The molecule has 20 heteroatoms. The highest BCUT2D eigenvalue weighted by Gasteiger charge is 2.53. The van der Waals surface area contributed by atoms with E-state index in [1.807, 2.05) is 14.0 Å². The van der Waals surface area contributed by atoms with Gasteiger partial charge in [0, 0.05) is 16.9 Å². The van der Waals surface area contributed by atoms with E-state index in [1.165, 1.54) is 28.9 Å². The van der Waals surface area contributed by atoms with E-state index in [1.54, 1.807) is 22.3 Å². The Bertz CT molecular complexity index is 1750. The first kappa shape index (κ1) is 31.0. The van der Waals surface area contributed by atoms with E-state index < -0.39 is 41.3 Å². The van der Waals surface area contributed by atoms with Crippen molar-refractivity contribution in [1.29, 1.82) is 0 Å². The number of hydrogen-bond donors (Lipinski definition) is 4. The van der Waals surface area contributed by atoms with Crippen LogP contribution in [0.3, 0.4) is 0 Å². The molecule has 5 heterocycles. The van der Waals surface area contributed by atoms with Crippen molar-refractivity contribution in [3.63, 3.8) is 0 Å². The summed E-state index contributed by atoms with van der Waals surface area (Å²) in [6, 6.07) is -1.11. The summed E-state index contributed by atoms with van der Waals surface area (Å²) >= 11 is 3.48. The second-order valence-corrected chi connectivity index (χ2v) is 12.6. The Balaban J connectivity index is 1.35. The van der Waals surface area contributed by atoms with Crippen molar-refractivity contribution in [2.75, 3.05) is 23.0 Å². The number of hydrogen-bond acceptors (Lipinski definition) is 15. The van der Waals surface area contributed by atoms with Gasteiger partial charge in [0.15, 0.2) is 17.2 Å². The zero-order chi connectivity index (χ0) is 31.9. The van der Waals surface area contributed by atoms with Crippen LogP contribution in [0.2, 0.25) is 0 Å². The number of oxime groups is 1. The molecule has 6 N–H and O–H groups in total. The molecule has 3 aromatic heterocycles. The summed E-state index contributed by atoms with van der Waals surface area (Å²) in [6.45, 7) is 3.38. The number of nitrogen functional groups attached to an aromatic ring is 2. The highest BCUT2D eigenvalue weighted by atomic mass is 32.2. The summed E-state index contributed by atoms with van der Waals surface area (Å²) in [5.41, 5.74) is 13.0. The van der Waals surface area contributed by atoms with Crippen LogP contribution in [-0.2, 0) is 31.1 Å². The zero-order valence-corrected chi connectivity index (χ0v) is 25.9. The van der Waals surface area contributed by atoms with Gasteiger partial charge in [-0.25, -0.2) is 14.3 Å². The monoisotopic (exact) mass is 662 g/mol.